The molecule has 1 amide bonds. The van der Waals surface area contributed by atoms with Crippen molar-refractivity contribution in [2.24, 2.45) is 5.92 Å². The number of likely N-dealkylation sites (tertiary alicyclic amines) is 1. The SMILES string of the molecule is C=Cc1cccc2cc(C(=O)N3CCC(C)CC3)ccc12. The Balaban J connectivity index is 1.90. The fraction of sp³-hybridized carbons (Fsp3) is 0.316. The minimum absolute atomic E-state index is 0.160. The van der Waals surface area contributed by atoms with Crippen LogP contribution in [0.25, 0.3) is 16.8 Å². The quantitative estimate of drug-likeness (QED) is 0.800. The van der Waals surface area contributed by atoms with Crippen molar-refractivity contribution in [3.63, 3.8) is 0 Å². The van der Waals surface area contributed by atoms with Crippen LogP contribution in [0.2, 0.25) is 0 Å². The largest absolute Gasteiger partial charge is 0.339 e. The average Bonchev–Trinajstić information content (AvgIpc) is 2.53. The summed E-state index contributed by atoms with van der Waals surface area (Å²) >= 11 is 0. The lowest BCUT2D eigenvalue weighted by atomic mass is 9.97. The number of rotatable bonds is 2. The van der Waals surface area contributed by atoms with Crippen LogP contribution in [0.1, 0.15) is 35.7 Å². The monoisotopic (exact) mass is 279 g/mol. The van der Waals surface area contributed by atoms with Crippen LogP contribution in [-0.2, 0) is 0 Å². The number of nitrogens with zero attached hydrogens (tertiary/aromatic N) is 1. The van der Waals surface area contributed by atoms with Crippen LogP contribution in [-0.4, -0.2) is 23.9 Å². The molecule has 2 aromatic carbocycles. The van der Waals surface area contributed by atoms with E-state index in [9.17, 15) is 4.79 Å². The van der Waals surface area contributed by atoms with Crippen molar-refractivity contribution in [3.8, 4) is 0 Å². The maximum atomic E-state index is 12.6. The van der Waals surface area contributed by atoms with Crippen LogP contribution < -0.4 is 0 Å². The zero-order chi connectivity index (χ0) is 14.8. The van der Waals surface area contributed by atoms with Gasteiger partial charge in [0, 0.05) is 18.7 Å². The van der Waals surface area contributed by atoms with E-state index in [4.69, 9.17) is 0 Å². The zero-order valence-electron chi connectivity index (χ0n) is 12.5. The highest BCUT2D eigenvalue weighted by atomic mass is 16.2. The molecule has 1 fully saturated rings. The van der Waals surface area contributed by atoms with E-state index in [2.05, 4.69) is 19.6 Å². The molecule has 0 atom stereocenters. The van der Waals surface area contributed by atoms with Crippen LogP contribution in [0.5, 0.6) is 0 Å². The van der Waals surface area contributed by atoms with E-state index in [0.717, 1.165) is 53.7 Å². The lowest BCUT2D eigenvalue weighted by Gasteiger charge is -2.30. The number of hydrogen-bond acceptors (Lipinski definition) is 1. The Morgan fingerprint density at radius 1 is 1.24 bits per heavy atom. The summed E-state index contributed by atoms with van der Waals surface area (Å²) in [6, 6.07) is 12.1. The Morgan fingerprint density at radius 2 is 2.00 bits per heavy atom. The molecular formula is C19H21NO. The molecule has 2 heteroatoms. The predicted octanol–water partition coefficient (Wildman–Crippen LogP) is 4.35. The summed E-state index contributed by atoms with van der Waals surface area (Å²) in [6.45, 7) is 7.86. The molecule has 0 N–H and O–H groups in total. The molecule has 1 aliphatic rings. The normalized spacial score (nSPS) is 16.1. The highest BCUT2D eigenvalue weighted by molar-refractivity contribution is 6.00. The van der Waals surface area contributed by atoms with Gasteiger partial charge in [0.25, 0.3) is 5.91 Å². The maximum absolute atomic E-state index is 12.6. The second kappa shape index (κ2) is 5.72. The van der Waals surface area contributed by atoms with E-state index >= 15 is 0 Å². The Bertz CT molecular complexity index is 681. The van der Waals surface area contributed by atoms with Gasteiger partial charge in [-0.05, 0) is 47.2 Å². The van der Waals surface area contributed by atoms with Crippen LogP contribution in [0.4, 0.5) is 0 Å². The first-order chi connectivity index (χ1) is 10.2. The smallest absolute Gasteiger partial charge is 0.253 e. The molecule has 0 aliphatic carbocycles. The Labute approximate surface area is 126 Å². The van der Waals surface area contributed by atoms with E-state index in [-0.39, 0.29) is 5.91 Å². The Morgan fingerprint density at radius 3 is 2.71 bits per heavy atom. The number of fused-ring (bicyclic) bond motifs is 1. The van der Waals surface area contributed by atoms with E-state index < -0.39 is 0 Å². The lowest BCUT2D eigenvalue weighted by Crippen LogP contribution is -2.37. The van der Waals surface area contributed by atoms with E-state index in [1.807, 2.05) is 41.3 Å². The molecule has 2 nitrogen and oxygen atoms in total. The third-order valence-corrected chi connectivity index (χ3v) is 4.45. The van der Waals surface area contributed by atoms with Crippen molar-refractivity contribution in [1.29, 1.82) is 0 Å². The number of piperidine rings is 1. The second-order valence-corrected chi connectivity index (χ2v) is 5.96. The molecule has 0 unspecified atom stereocenters. The summed E-state index contributed by atoms with van der Waals surface area (Å²) in [5.41, 5.74) is 1.90. The van der Waals surface area contributed by atoms with Crippen molar-refractivity contribution >= 4 is 22.8 Å². The summed E-state index contributed by atoms with van der Waals surface area (Å²) in [7, 11) is 0. The van der Waals surface area contributed by atoms with Gasteiger partial charge in [0.1, 0.15) is 0 Å². The second-order valence-electron chi connectivity index (χ2n) is 5.96. The van der Waals surface area contributed by atoms with Crippen molar-refractivity contribution in [1.82, 2.24) is 4.90 Å². The summed E-state index contributed by atoms with van der Waals surface area (Å²) in [5.74, 6) is 0.897. The van der Waals surface area contributed by atoms with Gasteiger partial charge in [-0.15, -0.1) is 0 Å². The first kappa shape index (κ1) is 13.9. The molecule has 2 aromatic rings. The molecule has 1 aliphatic heterocycles. The molecule has 0 aromatic heterocycles. The number of carbonyl (C=O) groups excluding carboxylic acids is 1. The third-order valence-electron chi connectivity index (χ3n) is 4.45. The maximum Gasteiger partial charge on any atom is 0.253 e. The molecule has 0 radical (unpaired) electrons. The first-order valence-electron chi connectivity index (χ1n) is 7.63. The van der Waals surface area contributed by atoms with Gasteiger partial charge in [-0.1, -0.05) is 43.8 Å². The summed E-state index contributed by atoms with van der Waals surface area (Å²) < 4.78 is 0. The van der Waals surface area contributed by atoms with Crippen LogP contribution in [0.15, 0.2) is 43.0 Å². The number of hydrogen-bond donors (Lipinski definition) is 0. The van der Waals surface area contributed by atoms with Gasteiger partial charge in [-0.3, -0.25) is 4.79 Å². The van der Waals surface area contributed by atoms with Gasteiger partial charge >= 0.3 is 0 Å². The molecular weight excluding hydrogens is 258 g/mol. The van der Waals surface area contributed by atoms with Gasteiger partial charge in [0.05, 0.1) is 0 Å². The fourth-order valence-corrected chi connectivity index (χ4v) is 3.01. The predicted molar refractivity (Wildman–Crippen MR) is 88.3 cm³/mol. The minimum Gasteiger partial charge on any atom is -0.339 e. The standard InChI is InChI=1S/C19H21NO/c1-3-15-5-4-6-16-13-17(7-8-18(15)16)19(21)20-11-9-14(2)10-12-20/h3-8,13-14H,1,9-12H2,2H3. The number of amides is 1. The topological polar surface area (TPSA) is 20.3 Å². The Kier molecular flexibility index (Phi) is 3.78. The van der Waals surface area contributed by atoms with Gasteiger partial charge in [0.15, 0.2) is 0 Å². The van der Waals surface area contributed by atoms with Gasteiger partial charge < -0.3 is 4.90 Å². The lowest BCUT2D eigenvalue weighted by molar-refractivity contribution is 0.0697. The van der Waals surface area contributed by atoms with Crippen molar-refractivity contribution in [2.75, 3.05) is 13.1 Å². The number of benzene rings is 2. The first-order valence-corrected chi connectivity index (χ1v) is 7.63. The molecule has 21 heavy (non-hydrogen) atoms. The van der Waals surface area contributed by atoms with E-state index in [0.29, 0.717) is 0 Å². The van der Waals surface area contributed by atoms with E-state index in [1.54, 1.807) is 0 Å². The molecule has 0 bridgehead atoms. The van der Waals surface area contributed by atoms with Crippen molar-refractivity contribution < 1.29 is 4.79 Å². The zero-order valence-corrected chi connectivity index (χ0v) is 12.5. The van der Waals surface area contributed by atoms with Gasteiger partial charge in [-0.2, -0.15) is 0 Å². The Hall–Kier alpha value is -2.09. The fourth-order valence-electron chi connectivity index (χ4n) is 3.01. The van der Waals surface area contributed by atoms with Gasteiger partial charge in [0.2, 0.25) is 0 Å². The molecule has 0 saturated carbocycles. The molecule has 1 heterocycles. The highest BCUT2D eigenvalue weighted by Crippen LogP contribution is 2.23. The molecule has 3 rings (SSSR count). The summed E-state index contributed by atoms with van der Waals surface area (Å²) in [4.78, 5) is 14.6. The molecule has 108 valence electrons. The number of carbonyl (C=O) groups is 1. The summed E-state index contributed by atoms with van der Waals surface area (Å²) in [5, 5.41) is 2.25. The van der Waals surface area contributed by atoms with Crippen molar-refractivity contribution in [2.45, 2.75) is 19.8 Å². The summed E-state index contributed by atoms with van der Waals surface area (Å²) in [6.07, 6.45) is 4.08. The minimum atomic E-state index is 0.160. The molecule has 0 spiro atoms. The van der Waals surface area contributed by atoms with Crippen LogP contribution in [0, 0.1) is 5.92 Å². The third kappa shape index (κ3) is 2.71. The average molecular weight is 279 g/mol. The highest BCUT2D eigenvalue weighted by Gasteiger charge is 2.21. The van der Waals surface area contributed by atoms with Crippen molar-refractivity contribution in [3.05, 3.63) is 54.1 Å². The van der Waals surface area contributed by atoms with Crippen LogP contribution in [0.3, 0.4) is 0 Å². The van der Waals surface area contributed by atoms with Gasteiger partial charge in [-0.25, -0.2) is 0 Å². The van der Waals surface area contributed by atoms with Crippen LogP contribution >= 0.6 is 0 Å². The van der Waals surface area contributed by atoms with E-state index in [1.165, 1.54) is 0 Å². The molecule has 1 saturated heterocycles.